The Balaban J connectivity index is 3.68. The average molecular weight is 256 g/mol. The lowest BCUT2D eigenvalue weighted by atomic mass is 10.4. The van der Waals surface area contributed by atoms with Gasteiger partial charge < -0.3 is 14.2 Å². The first-order valence-electron chi connectivity index (χ1n) is 4.43. The predicted molar refractivity (Wildman–Crippen MR) is 54.4 cm³/mol. The fourth-order valence-corrected chi connectivity index (χ4v) is 1.17. The first-order valence-corrected chi connectivity index (χ1v) is 6.25. The van der Waals surface area contributed by atoms with Crippen LogP contribution in [0, 0.1) is 0 Å². The molecule has 0 N–H and O–H groups in total. The van der Waals surface area contributed by atoms with Crippen molar-refractivity contribution in [2.75, 3.05) is 40.3 Å². The lowest BCUT2D eigenvalue weighted by Crippen LogP contribution is -2.30. The summed E-state index contributed by atoms with van der Waals surface area (Å²) in [7, 11) is -0.872. The van der Waals surface area contributed by atoms with Gasteiger partial charge in [-0.2, -0.15) is 8.42 Å². The van der Waals surface area contributed by atoms with E-state index < -0.39 is 22.2 Å². The molecule has 0 rings (SSSR count). The van der Waals surface area contributed by atoms with Crippen LogP contribution < -0.4 is 0 Å². The number of carbonyl (C=O) groups is 1. The molecule has 0 aromatic carbocycles. The Hall–Kier alpha value is -0.700. The van der Waals surface area contributed by atoms with Crippen LogP contribution in [0.1, 0.15) is 0 Å². The van der Waals surface area contributed by atoms with Gasteiger partial charge in [0.2, 0.25) is 0 Å². The summed E-state index contributed by atoms with van der Waals surface area (Å²) in [4.78, 5) is 11.0. The molecule has 16 heavy (non-hydrogen) atoms. The van der Waals surface area contributed by atoms with Gasteiger partial charge in [-0.25, -0.2) is 4.79 Å². The predicted octanol–water partition coefficient (Wildman–Crippen LogP) is -0.833. The van der Waals surface area contributed by atoms with Crippen LogP contribution >= 0.6 is 0 Å². The average Bonchev–Trinajstić information content (AvgIpc) is 2.21. The van der Waals surface area contributed by atoms with Crippen LogP contribution in [0.4, 0.5) is 0 Å². The molecule has 0 spiro atoms. The summed E-state index contributed by atoms with van der Waals surface area (Å²) in [5.74, 6) is -0.550. The maximum Gasteiger partial charge on any atom is 0.337 e. The Kier molecular flexibility index (Phi) is 7.22. The minimum atomic E-state index is -3.45. The van der Waals surface area contributed by atoms with Crippen LogP contribution in [-0.2, 0) is 33.3 Å². The molecule has 0 heterocycles. The van der Waals surface area contributed by atoms with Crippen molar-refractivity contribution < 1.29 is 31.6 Å². The number of ether oxygens (including phenoxy) is 3. The summed E-state index contributed by atoms with van der Waals surface area (Å²) in [5.41, 5.74) is 0. The third kappa shape index (κ3) is 7.57. The number of esters is 1. The summed E-state index contributed by atoms with van der Waals surface area (Å²) in [6, 6.07) is 0. The zero-order chi connectivity index (χ0) is 12.6. The molecule has 0 aromatic rings. The summed E-state index contributed by atoms with van der Waals surface area (Å²) in [6.45, 7) is -0.0728. The van der Waals surface area contributed by atoms with Crippen LogP contribution in [0.25, 0.3) is 0 Å². The monoisotopic (exact) mass is 256 g/mol. The van der Waals surface area contributed by atoms with E-state index in [4.69, 9.17) is 9.47 Å². The van der Waals surface area contributed by atoms with Gasteiger partial charge in [-0.3, -0.25) is 4.18 Å². The van der Waals surface area contributed by atoms with Gasteiger partial charge in [0, 0.05) is 7.11 Å². The highest BCUT2D eigenvalue weighted by atomic mass is 32.2. The number of hydrogen-bond acceptors (Lipinski definition) is 7. The minimum absolute atomic E-state index is 0.0176. The molecule has 0 aromatic heterocycles. The Labute approximate surface area is 94.7 Å². The standard InChI is InChI=1S/C8H16O7S/c1-12-7(8(9)13-2)6-14-4-5-15-16(3,10)11/h7H,4-6H2,1-3H3. The van der Waals surface area contributed by atoms with Gasteiger partial charge in [0.15, 0.2) is 6.10 Å². The Morgan fingerprint density at radius 1 is 1.25 bits per heavy atom. The van der Waals surface area contributed by atoms with Gasteiger partial charge in [0.05, 0.1) is 33.2 Å². The smallest absolute Gasteiger partial charge is 0.337 e. The number of rotatable bonds is 8. The molecular formula is C8H16O7S. The van der Waals surface area contributed by atoms with E-state index >= 15 is 0 Å². The van der Waals surface area contributed by atoms with Crippen LogP contribution in [0.15, 0.2) is 0 Å². The summed E-state index contributed by atoms with van der Waals surface area (Å²) < 4.78 is 39.8. The third-order valence-corrected chi connectivity index (χ3v) is 2.14. The lowest BCUT2D eigenvalue weighted by molar-refractivity contribution is -0.156. The summed E-state index contributed by atoms with van der Waals surface area (Å²) >= 11 is 0. The molecule has 0 bridgehead atoms. The molecule has 0 amide bonds. The number of carbonyl (C=O) groups excluding carboxylic acids is 1. The molecular weight excluding hydrogens is 240 g/mol. The Morgan fingerprint density at radius 2 is 1.88 bits per heavy atom. The fraction of sp³-hybridized carbons (Fsp3) is 0.875. The van der Waals surface area contributed by atoms with Crippen molar-refractivity contribution in [1.82, 2.24) is 0 Å². The normalized spacial score (nSPS) is 13.4. The van der Waals surface area contributed by atoms with Crippen molar-refractivity contribution in [3.05, 3.63) is 0 Å². The van der Waals surface area contributed by atoms with E-state index in [2.05, 4.69) is 8.92 Å². The Morgan fingerprint density at radius 3 is 2.31 bits per heavy atom. The van der Waals surface area contributed by atoms with Crippen LogP contribution in [0.3, 0.4) is 0 Å². The lowest BCUT2D eigenvalue weighted by Gasteiger charge is -2.12. The van der Waals surface area contributed by atoms with E-state index in [-0.39, 0.29) is 19.8 Å². The van der Waals surface area contributed by atoms with Crippen LogP contribution in [0.2, 0.25) is 0 Å². The van der Waals surface area contributed by atoms with Crippen molar-refractivity contribution in [2.24, 2.45) is 0 Å². The third-order valence-electron chi connectivity index (χ3n) is 1.54. The van der Waals surface area contributed by atoms with E-state index in [0.717, 1.165) is 6.26 Å². The molecule has 0 saturated heterocycles. The second-order valence-electron chi connectivity index (χ2n) is 2.85. The maximum atomic E-state index is 11.0. The quantitative estimate of drug-likeness (QED) is 0.318. The van der Waals surface area contributed by atoms with Crippen molar-refractivity contribution in [1.29, 1.82) is 0 Å². The molecule has 96 valence electrons. The van der Waals surface area contributed by atoms with Crippen molar-refractivity contribution in [3.63, 3.8) is 0 Å². The van der Waals surface area contributed by atoms with Gasteiger partial charge in [0.25, 0.3) is 10.1 Å². The number of methoxy groups -OCH3 is 2. The highest BCUT2D eigenvalue weighted by Gasteiger charge is 2.18. The molecule has 0 radical (unpaired) electrons. The first-order chi connectivity index (χ1) is 7.40. The maximum absolute atomic E-state index is 11.0. The zero-order valence-corrected chi connectivity index (χ0v) is 10.3. The van der Waals surface area contributed by atoms with E-state index in [1.807, 2.05) is 0 Å². The van der Waals surface area contributed by atoms with Crippen LogP contribution in [0.5, 0.6) is 0 Å². The van der Waals surface area contributed by atoms with E-state index in [0.29, 0.717) is 0 Å². The second kappa shape index (κ2) is 7.55. The molecule has 0 aliphatic heterocycles. The van der Waals surface area contributed by atoms with Gasteiger partial charge in [-0.1, -0.05) is 0 Å². The molecule has 0 aliphatic rings. The largest absolute Gasteiger partial charge is 0.467 e. The molecule has 1 unspecified atom stereocenters. The van der Waals surface area contributed by atoms with Gasteiger partial charge >= 0.3 is 5.97 Å². The topological polar surface area (TPSA) is 88.1 Å². The molecule has 1 atom stereocenters. The summed E-state index contributed by atoms with van der Waals surface area (Å²) in [6.07, 6.45) is 0.127. The van der Waals surface area contributed by atoms with E-state index in [1.54, 1.807) is 0 Å². The zero-order valence-electron chi connectivity index (χ0n) is 9.46. The van der Waals surface area contributed by atoms with Crippen molar-refractivity contribution >= 4 is 16.1 Å². The summed E-state index contributed by atoms with van der Waals surface area (Å²) in [5, 5.41) is 0. The first kappa shape index (κ1) is 15.3. The molecule has 0 aliphatic carbocycles. The number of hydrogen-bond donors (Lipinski definition) is 0. The second-order valence-corrected chi connectivity index (χ2v) is 4.49. The fourth-order valence-electron chi connectivity index (χ4n) is 0.798. The highest BCUT2D eigenvalue weighted by molar-refractivity contribution is 7.85. The molecule has 0 fully saturated rings. The van der Waals surface area contributed by atoms with E-state index in [1.165, 1.54) is 14.2 Å². The van der Waals surface area contributed by atoms with E-state index in [9.17, 15) is 13.2 Å². The van der Waals surface area contributed by atoms with Crippen molar-refractivity contribution in [2.45, 2.75) is 6.10 Å². The van der Waals surface area contributed by atoms with Gasteiger partial charge in [-0.05, 0) is 0 Å². The SMILES string of the molecule is COC(=O)C(COCCOS(C)(=O)=O)OC. The van der Waals surface area contributed by atoms with Crippen molar-refractivity contribution in [3.8, 4) is 0 Å². The minimum Gasteiger partial charge on any atom is -0.467 e. The van der Waals surface area contributed by atoms with Gasteiger partial charge in [0.1, 0.15) is 0 Å². The Bertz CT molecular complexity index is 298. The highest BCUT2D eigenvalue weighted by Crippen LogP contribution is 1.95. The molecule has 7 nitrogen and oxygen atoms in total. The van der Waals surface area contributed by atoms with Gasteiger partial charge in [-0.15, -0.1) is 0 Å². The van der Waals surface area contributed by atoms with Crippen LogP contribution in [-0.4, -0.2) is 60.8 Å². The molecule has 0 saturated carbocycles. The molecule has 8 heteroatoms.